The number of halogens is 1. The first-order chi connectivity index (χ1) is 9.85. The van der Waals surface area contributed by atoms with Crippen LogP contribution in [0.15, 0.2) is 12.1 Å². The number of nitrogens with two attached hydrogens (primary N) is 1. The van der Waals surface area contributed by atoms with E-state index in [1.54, 1.807) is 0 Å². The average Bonchev–Trinajstić information content (AvgIpc) is 2.43. The van der Waals surface area contributed by atoms with E-state index in [0.717, 1.165) is 0 Å². The molecule has 2 N–H and O–H groups in total. The van der Waals surface area contributed by atoms with Gasteiger partial charge in [0.2, 0.25) is 0 Å². The normalized spacial score (nSPS) is 23.2. The van der Waals surface area contributed by atoms with Crippen LogP contribution in [0.5, 0.6) is 0 Å². The zero-order valence-corrected chi connectivity index (χ0v) is 12.9. The van der Waals surface area contributed by atoms with E-state index in [1.165, 1.54) is 19.2 Å². The summed E-state index contributed by atoms with van der Waals surface area (Å²) in [6.07, 6.45) is 0. The Morgan fingerprint density at radius 3 is 2.43 bits per heavy atom. The van der Waals surface area contributed by atoms with Crippen LogP contribution in [0.25, 0.3) is 0 Å². The zero-order valence-electron chi connectivity index (χ0n) is 12.9. The molecule has 1 heterocycles. The number of hydrogen-bond donors (Lipinski definition) is 1. The van der Waals surface area contributed by atoms with Crippen molar-refractivity contribution in [3.63, 3.8) is 0 Å². The third kappa shape index (κ3) is 2.95. The van der Waals surface area contributed by atoms with Gasteiger partial charge in [-0.15, -0.1) is 0 Å². The number of piperazine rings is 1. The van der Waals surface area contributed by atoms with Crippen LogP contribution in [0.3, 0.4) is 0 Å². The highest BCUT2D eigenvalue weighted by Crippen LogP contribution is 2.28. The number of likely N-dealkylation sites (N-methyl/N-ethyl adjacent to an activating group) is 1. The molecule has 6 heteroatoms. The number of carbonyl (C=O) groups is 1. The van der Waals surface area contributed by atoms with E-state index >= 15 is 0 Å². The van der Waals surface area contributed by atoms with Crippen molar-refractivity contribution in [2.45, 2.75) is 25.9 Å². The topological polar surface area (TPSA) is 58.8 Å². The lowest BCUT2D eigenvalue weighted by molar-refractivity contribution is 0.0602. The minimum absolute atomic E-state index is 0.0957. The smallest absolute Gasteiger partial charge is 0.340 e. The second kappa shape index (κ2) is 5.89. The van der Waals surface area contributed by atoms with Crippen molar-refractivity contribution in [2.24, 2.45) is 0 Å². The average molecular weight is 295 g/mol. The molecular formula is C15H22FN3O2. The number of anilines is 2. The first-order valence-corrected chi connectivity index (χ1v) is 6.99. The van der Waals surface area contributed by atoms with Crippen LogP contribution in [0, 0.1) is 5.82 Å². The highest BCUT2D eigenvalue weighted by molar-refractivity contribution is 5.96. The second-order valence-corrected chi connectivity index (χ2v) is 5.65. The summed E-state index contributed by atoms with van der Waals surface area (Å²) in [6.45, 7) is 5.59. The number of benzene rings is 1. The molecule has 0 saturated carbocycles. The summed E-state index contributed by atoms with van der Waals surface area (Å²) >= 11 is 0. The van der Waals surface area contributed by atoms with E-state index in [4.69, 9.17) is 10.5 Å². The van der Waals surface area contributed by atoms with Gasteiger partial charge >= 0.3 is 5.97 Å². The van der Waals surface area contributed by atoms with Crippen molar-refractivity contribution in [2.75, 3.05) is 37.9 Å². The molecule has 2 atom stereocenters. The molecule has 0 amide bonds. The predicted octanol–water partition coefficient (Wildman–Crippen LogP) is 1.72. The van der Waals surface area contributed by atoms with Gasteiger partial charge in [0.15, 0.2) is 0 Å². The molecule has 0 radical (unpaired) electrons. The SMILES string of the molecule is COC(=O)c1cc(N2CC(C)N(C)C(C)C2)c(F)cc1N. The van der Waals surface area contributed by atoms with Crippen LogP contribution in [-0.2, 0) is 4.74 Å². The minimum atomic E-state index is -0.552. The van der Waals surface area contributed by atoms with Gasteiger partial charge in [-0.05, 0) is 33.0 Å². The van der Waals surface area contributed by atoms with Gasteiger partial charge in [0.25, 0.3) is 0 Å². The van der Waals surface area contributed by atoms with Crippen LogP contribution >= 0.6 is 0 Å². The highest BCUT2D eigenvalue weighted by atomic mass is 19.1. The number of carbonyl (C=O) groups excluding carboxylic acids is 1. The molecule has 5 nitrogen and oxygen atoms in total. The molecule has 116 valence electrons. The maximum Gasteiger partial charge on any atom is 0.340 e. The molecule has 0 bridgehead atoms. The Bertz CT molecular complexity index is 538. The molecule has 1 aromatic carbocycles. The number of esters is 1. The van der Waals surface area contributed by atoms with E-state index < -0.39 is 11.8 Å². The Kier molecular flexibility index (Phi) is 4.37. The van der Waals surface area contributed by atoms with Gasteiger partial charge in [0, 0.05) is 30.9 Å². The van der Waals surface area contributed by atoms with Crippen LogP contribution in [0.2, 0.25) is 0 Å². The Hall–Kier alpha value is -1.82. The van der Waals surface area contributed by atoms with E-state index in [2.05, 4.69) is 25.8 Å². The van der Waals surface area contributed by atoms with Crippen molar-refractivity contribution in [3.05, 3.63) is 23.5 Å². The maximum absolute atomic E-state index is 14.2. The minimum Gasteiger partial charge on any atom is -0.465 e. The molecule has 0 aliphatic carbocycles. The van der Waals surface area contributed by atoms with Crippen molar-refractivity contribution in [1.82, 2.24) is 4.90 Å². The Labute approximate surface area is 124 Å². The molecule has 0 aromatic heterocycles. The molecule has 1 aromatic rings. The second-order valence-electron chi connectivity index (χ2n) is 5.65. The maximum atomic E-state index is 14.2. The Morgan fingerprint density at radius 1 is 1.33 bits per heavy atom. The third-order valence-corrected chi connectivity index (χ3v) is 4.22. The van der Waals surface area contributed by atoms with Gasteiger partial charge in [0.05, 0.1) is 18.4 Å². The molecule has 0 spiro atoms. The molecule has 1 fully saturated rings. The van der Waals surface area contributed by atoms with E-state index in [9.17, 15) is 9.18 Å². The highest BCUT2D eigenvalue weighted by Gasteiger charge is 2.29. The first kappa shape index (κ1) is 15.6. The number of hydrogen-bond acceptors (Lipinski definition) is 5. The lowest BCUT2D eigenvalue weighted by atomic mass is 10.1. The lowest BCUT2D eigenvalue weighted by Gasteiger charge is -2.43. The third-order valence-electron chi connectivity index (χ3n) is 4.22. The zero-order chi connectivity index (χ0) is 15.7. The fourth-order valence-corrected chi connectivity index (χ4v) is 2.71. The fourth-order valence-electron chi connectivity index (χ4n) is 2.71. The molecule has 1 aliphatic rings. The summed E-state index contributed by atoms with van der Waals surface area (Å²) in [5.41, 5.74) is 6.40. The molecular weight excluding hydrogens is 273 g/mol. The first-order valence-electron chi connectivity index (χ1n) is 6.99. The van der Waals surface area contributed by atoms with E-state index in [-0.39, 0.29) is 11.3 Å². The number of nitrogens with zero attached hydrogens (tertiary/aromatic N) is 2. The summed E-state index contributed by atoms with van der Waals surface area (Å²) in [6, 6.07) is 3.27. The van der Waals surface area contributed by atoms with Crippen LogP contribution in [0.1, 0.15) is 24.2 Å². The lowest BCUT2D eigenvalue weighted by Crippen LogP contribution is -2.55. The summed E-state index contributed by atoms with van der Waals surface area (Å²) in [4.78, 5) is 15.9. The van der Waals surface area contributed by atoms with Gasteiger partial charge in [-0.2, -0.15) is 0 Å². The van der Waals surface area contributed by atoms with Gasteiger partial charge in [-0.25, -0.2) is 9.18 Å². The van der Waals surface area contributed by atoms with Crippen molar-refractivity contribution in [1.29, 1.82) is 0 Å². The molecule has 1 aliphatic heterocycles. The van der Waals surface area contributed by atoms with Gasteiger partial charge in [-0.1, -0.05) is 0 Å². The monoisotopic (exact) mass is 295 g/mol. The summed E-state index contributed by atoms with van der Waals surface area (Å²) in [7, 11) is 3.34. The quantitative estimate of drug-likeness (QED) is 0.665. The summed E-state index contributed by atoms with van der Waals surface area (Å²) in [5.74, 6) is -0.965. The van der Waals surface area contributed by atoms with E-state index in [0.29, 0.717) is 30.9 Å². The molecule has 2 rings (SSSR count). The van der Waals surface area contributed by atoms with Crippen LogP contribution in [-0.4, -0.2) is 50.2 Å². The Balaban J connectivity index is 2.37. The van der Waals surface area contributed by atoms with Crippen LogP contribution < -0.4 is 10.6 Å². The summed E-state index contributed by atoms with van der Waals surface area (Å²) < 4.78 is 18.9. The Morgan fingerprint density at radius 2 is 1.90 bits per heavy atom. The van der Waals surface area contributed by atoms with E-state index in [1.807, 2.05) is 4.90 Å². The van der Waals surface area contributed by atoms with Crippen molar-refractivity contribution >= 4 is 17.3 Å². The number of methoxy groups -OCH3 is 1. The van der Waals surface area contributed by atoms with Crippen LogP contribution in [0.4, 0.5) is 15.8 Å². The molecule has 2 unspecified atom stereocenters. The standard InChI is InChI=1S/C15H22FN3O2/c1-9-7-19(8-10(2)18(9)3)14-5-11(15(20)21-4)13(17)6-12(14)16/h5-6,9-10H,7-8,17H2,1-4H3. The predicted molar refractivity (Wildman–Crippen MR) is 81.1 cm³/mol. The van der Waals surface area contributed by atoms with Crippen molar-refractivity contribution < 1.29 is 13.9 Å². The summed E-state index contributed by atoms with van der Waals surface area (Å²) in [5, 5.41) is 0. The molecule has 1 saturated heterocycles. The number of ether oxygens (including phenoxy) is 1. The molecule has 21 heavy (non-hydrogen) atoms. The van der Waals surface area contributed by atoms with Gasteiger partial charge in [-0.3, -0.25) is 4.90 Å². The fraction of sp³-hybridized carbons (Fsp3) is 0.533. The van der Waals surface area contributed by atoms with Gasteiger partial charge in [0.1, 0.15) is 5.82 Å². The van der Waals surface area contributed by atoms with Crippen molar-refractivity contribution in [3.8, 4) is 0 Å². The number of nitrogen functional groups attached to an aromatic ring is 1. The van der Waals surface area contributed by atoms with Gasteiger partial charge < -0.3 is 15.4 Å². The largest absolute Gasteiger partial charge is 0.465 e. The number of rotatable bonds is 2.